The van der Waals surface area contributed by atoms with Crippen LogP contribution in [0.4, 0.5) is 5.95 Å². The minimum absolute atomic E-state index is 0.118. The van der Waals surface area contributed by atoms with Crippen molar-refractivity contribution in [3.05, 3.63) is 12.3 Å². The molecule has 0 bridgehead atoms. The van der Waals surface area contributed by atoms with Gasteiger partial charge in [-0.05, 0) is 26.7 Å². The highest BCUT2D eigenvalue weighted by Gasteiger charge is 2.13. The SMILES string of the molecule is CC(C)Oc1ccnc(NCCOC2CCCCC2)n1. The Kier molecular flexibility index (Phi) is 6.05. The highest BCUT2D eigenvalue weighted by molar-refractivity contribution is 5.27. The van der Waals surface area contributed by atoms with Gasteiger partial charge in [0.15, 0.2) is 0 Å². The van der Waals surface area contributed by atoms with Gasteiger partial charge in [-0.1, -0.05) is 19.3 Å². The van der Waals surface area contributed by atoms with Crippen molar-refractivity contribution in [1.82, 2.24) is 9.97 Å². The van der Waals surface area contributed by atoms with Gasteiger partial charge < -0.3 is 14.8 Å². The standard InChI is InChI=1S/C15H25N3O2/c1-12(2)20-14-8-9-16-15(18-14)17-10-11-19-13-6-4-3-5-7-13/h8-9,12-13H,3-7,10-11H2,1-2H3,(H,16,17,18). The average Bonchev–Trinajstić information content (AvgIpc) is 2.44. The first-order valence-electron chi connectivity index (χ1n) is 7.59. The number of ether oxygens (including phenoxy) is 2. The minimum atomic E-state index is 0.118. The van der Waals surface area contributed by atoms with Crippen molar-refractivity contribution in [3.8, 4) is 5.88 Å². The molecule has 0 aliphatic heterocycles. The van der Waals surface area contributed by atoms with Gasteiger partial charge in [-0.3, -0.25) is 0 Å². The largest absolute Gasteiger partial charge is 0.475 e. The summed E-state index contributed by atoms with van der Waals surface area (Å²) in [5.74, 6) is 1.20. The van der Waals surface area contributed by atoms with E-state index in [-0.39, 0.29) is 6.10 Å². The molecule has 5 nitrogen and oxygen atoms in total. The molecular formula is C15H25N3O2. The third kappa shape index (κ3) is 5.33. The van der Waals surface area contributed by atoms with Gasteiger partial charge >= 0.3 is 0 Å². The summed E-state index contributed by atoms with van der Waals surface area (Å²) < 4.78 is 11.4. The number of anilines is 1. The molecule has 0 aromatic carbocycles. The molecule has 0 radical (unpaired) electrons. The number of nitrogens with zero attached hydrogens (tertiary/aromatic N) is 2. The van der Waals surface area contributed by atoms with Gasteiger partial charge in [0.25, 0.3) is 0 Å². The minimum Gasteiger partial charge on any atom is -0.475 e. The lowest BCUT2D eigenvalue weighted by Crippen LogP contribution is -2.21. The summed E-state index contributed by atoms with van der Waals surface area (Å²) in [5.41, 5.74) is 0. The van der Waals surface area contributed by atoms with E-state index in [0.717, 1.165) is 6.54 Å². The maximum absolute atomic E-state index is 5.85. The third-order valence-electron chi connectivity index (χ3n) is 3.28. The Morgan fingerprint density at radius 3 is 2.85 bits per heavy atom. The number of nitrogens with one attached hydrogen (secondary N) is 1. The van der Waals surface area contributed by atoms with Crippen molar-refractivity contribution in [3.63, 3.8) is 0 Å². The summed E-state index contributed by atoms with van der Waals surface area (Å²) in [4.78, 5) is 8.47. The van der Waals surface area contributed by atoms with E-state index >= 15 is 0 Å². The zero-order valence-corrected chi connectivity index (χ0v) is 12.5. The topological polar surface area (TPSA) is 56.3 Å². The highest BCUT2D eigenvalue weighted by Crippen LogP contribution is 2.20. The van der Waals surface area contributed by atoms with Crippen LogP contribution in [0.25, 0.3) is 0 Å². The van der Waals surface area contributed by atoms with E-state index < -0.39 is 0 Å². The molecule has 1 fully saturated rings. The molecule has 112 valence electrons. The first-order valence-corrected chi connectivity index (χ1v) is 7.59. The van der Waals surface area contributed by atoms with Crippen LogP contribution in [0.2, 0.25) is 0 Å². The van der Waals surface area contributed by atoms with Crippen molar-refractivity contribution >= 4 is 5.95 Å². The predicted molar refractivity (Wildman–Crippen MR) is 79.1 cm³/mol. The van der Waals surface area contributed by atoms with Gasteiger partial charge in [-0.25, -0.2) is 4.98 Å². The van der Waals surface area contributed by atoms with E-state index in [9.17, 15) is 0 Å². The van der Waals surface area contributed by atoms with E-state index in [1.165, 1.54) is 32.1 Å². The summed E-state index contributed by atoms with van der Waals surface area (Å²) in [7, 11) is 0. The lowest BCUT2D eigenvalue weighted by molar-refractivity contribution is 0.0347. The van der Waals surface area contributed by atoms with Crippen LogP contribution in [0, 0.1) is 0 Å². The molecule has 2 rings (SSSR count). The summed E-state index contributed by atoms with van der Waals surface area (Å²) >= 11 is 0. The summed E-state index contributed by atoms with van der Waals surface area (Å²) in [6.45, 7) is 5.38. The van der Waals surface area contributed by atoms with Gasteiger partial charge in [-0.15, -0.1) is 0 Å². The second kappa shape index (κ2) is 8.04. The number of aromatic nitrogens is 2. The molecule has 1 N–H and O–H groups in total. The van der Waals surface area contributed by atoms with Crippen LogP contribution in [-0.4, -0.2) is 35.3 Å². The van der Waals surface area contributed by atoms with Crippen molar-refractivity contribution in [2.45, 2.75) is 58.2 Å². The van der Waals surface area contributed by atoms with Gasteiger partial charge in [0, 0.05) is 18.8 Å². The fraction of sp³-hybridized carbons (Fsp3) is 0.733. The molecule has 0 spiro atoms. The number of hydrogen-bond acceptors (Lipinski definition) is 5. The summed E-state index contributed by atoms with van der Waals surface area (Å²) in [5, 5.41) is 3.17. The Bertz CT molecular complexity index is 392. The van der Waals surface area contributed by atoms with Gasteiger partial charge in [0.2, 0.25) is 11.8 Å². The van der Waals surface area contributed by atoms with Crippen LogP contribution in [0.15, 0.2) is 12.3 Å². The molecule has 1 aromatic heterocycles. The lowest BCUT2D eigenvalue weighted by atomic mass is 9.98. The van der Waals surface area contributed by atoms with Crippen LogP contribution >= 0.6 is 0 Å². The fourth-order valence-corrected chi connectivity index (χ4v) is 2.35. The molecule has 1 aliphatic carbocycles. The van der Waals surface area contributed by atoms with Crippen molar-refractivity contribution in [2.24, 2.45) is 0 Å². The number of hydrogen-bond donors (Lipinski definition) is 1. The first kappa shape index (κ1) is 15.0. The second-order valence-corrected chi connectivity index (χ2v) is 5.44. The molecule has 1 saturated carbocycles. The predicted octanol–water partition coefficient (Wildman–Crippen LogP) is 3.03. The van der Waals surface area contributed by atoms with Gasteiger partial charge in [-0.2, -0.15) is 4.98 Å². The van der Waals surface area contributed by atoms with Crippen LogP contribution in [0.5, 0.6) is 5.88 Å². The third-order valence-corrected chi connectivity index (χ3v) is 3.28. The maximum Gasteiger partial charge on any atom is 0.226 e. The molecule has 20 heavy (non-hydrogen) atoms. The molecule has 0 saturated heterocycles. The van der Waals surface area contributed by atoms with Crippen molar-refractivity contribution < 1.29 is 9.47 Å². The average molecular weight is 279 g/mol. The zero-order chi connectivity index (χ0) is 14.2. The van der Waals surface area contributed by atoms with Gasteiger partial charge in [0.1, 0.15) is 0 Å². The van der Waals surface area contributed by atoms with Crippen LogP contribution in [-0.2, 0) is 4.74 Å². The maximum atomic E-state index is 5.85. The molecule has 5 heteroatoms. The number of rotatable bonds is 7. The molecular weight excluding hydrogens is 254 g/mol. The molecule has 1 heterocycles. The second-order valence-electron chi connectivity index (χ2n) is 5.44. The van der Waals surface area contributed by atoms with E-state index in [0.29, 0.717) is 24.5 Å². The van der Waals surface area contributed by atoms with E-state index in [1.54, 1.807) is 12.3 Å². The molecule has 1 aliphatic rings. The van der Waals surface area contributed by atoms with Crippen molar-refractivity contribution in [1.29, 1.82) is 0 Å². The smallest absolute Gasteiger partial charge is 0.226 e. The fourth-order valence-electron chi connectivity index (χ4n) is 2.35. The lowest BCUT2D eigenvalue weighted by Gasteiger charge is -2.22. The Hall–Kier alpha value is -1.36. The highest BCUT2D eigenvalue weighted by atomic mass is 16.5. The Morgan fingerprint density at radius 2 is 2.10 bits per heavy atom. The zero-order valence-electron chi connectivity index (χ0n) is 12.5. The molecule has 0 unspecified atom stereocenters. The van der Waals surface area contributed by atoms with Crippen LogP contribution in [0.3, 0.4) is 0 Å². The monoisotopic (exact) mass is 279 g/mol. The molecule has 0 amide bonds. The Labute approximate surface area is 121 Å². The summed E-state index contributed by atoms with van der Waals surface area (Å²) in [6, 6.07) is 1.77. The van der Waals surface area contributed by atoms with Crippen molar-refractivity contribution in [2.75, 3.05) is 18.5 Å². The Balaban J connectivity index is 1.68. The first-order chi connectivity index (χ1) is 9.74. The molecule has 0 atom stereocenters. The summed E-state index contributed by atoms with van der Waals surface area (Å²) in [6.07, 6.45) is 8.63. The van der Waals surface area contributed by atoms with Gasteiger partial charge in [0.05, 0.1) is 18.8 Å². The van der Waals surface area contributed by atoms with E-state index in [2.05, 4.69) is 15.3 Å². The van der Waals surface area contributed by atoms with Crippen LogP contribution < -0.4 is 10.1 Å². The van der Waals surface area contributed by atoms with E-state index in [1.807, 2.05) is 13.8 Å². The normalized spacial score (nSPS) is 16.4. The van der Waals surface area contributed by atoms with Crippen LogP contribution in [0.1, 0.15) is 46.0 Å². The quantitative estimate of drug-likeness (QED) is 0.777. The molecule has 1 aromatic rings. The Morgan fingerprint density at radius 1 is 1.30 bits per heavy atom. The van der Waals surface area contributed by atoms with E-state index in [4.69, 9.17) is 9.47 Å².